The molecule has 17 heavy (non-hydrogen) atoms. The highest BCUT2D eigenvalue weighted by Gasteiger charge is 2.20. The van der Waals surface area contributed by atoms with E-state index in [-0.39, 0.29) is 0 Å². The van der Waals surface area contributed by atoms with Gasteiger partial charge in [-0.15, -0.1) is 11.3 Å². The molecule has 0 amide bonds. The fourth-order valence-electron chi connectivity index (χ4n) is 1.72. The third kappa shape index (κ3) is 3.19. The maximum absolute atomic E-state index is 5.79. The van der Waals surface area contributed by atoms with Crippen molar-refractivity contribution in [2.45, 2.75) is 53.1 Å². The summed E-state index contributed by atoms with van der Waals surface area (Å²) in [6.07, 6.45) is 0. The van der Waals surface area contributed by atoms with Crippen LogP contribution in [0, 0.1) is 5.92 Å². The molecule has 0 aliphatic rings. The van der Waals surface area contributed by atoms with Crippen LogP contribution in [0.2, 0.25) is 0 Å². The molecule has 0 radical (unpaired) electrons. The zero-order valence-electron chi connectivity index (χ0n) is 11.8. The van der Waals surface area contributed by atoms with Crippen molar-refractivity contribution in [3.05, 3.63) is 10.6 Å². The second-order valence-electron chi connectivity index (χ2n) is 5.26. The molecular weight excluding hydrogens is 230 g/mol. The second kappa shape index (κ2) is 5.83. The molecule has 0 fully saturated rings. The molecule has 0 aliphatic heterocycles. The van der Waals surface area contributed by atoms with Crippen LogP contribution in [0.3, 0.4) is 0 Å². The normalized spacial score (nSPS) is 13.5. The van der Waals surface area contributed by atoms with Gasteiger partial charge in [-0.2, -0.15) is 0 Å². The Morgan fingerprint density at radius 1 is 1.24 bits per heavy atom. The number of nitrogens with zero attached hydrogens (tertiary/aromatic N) is 2. The van der Waals surface area contributed by atoms with Crippen molar-refractivity contribution in [2.75, 3.05) is 11.9 Å². The van der Waals surface area contributed by atoms with E-state index in [1.807, 2.05) is 0 Å². The van der Waals surface area contributed by atoms with E-state index in [1.54, 1.807) is 11.3 Å². The second-order valence-corrected chi connectivity index (χ2v) is 6.32. The summed E-state index contributed by atoms with van der Waals surface area (Å²) in [6, 6.07) is 0.492. The average Bonchev–Trinajstić information content (AvgIpc) is 2.70. The minimum atomic E-state index is 0.446. The molecule has 1 atom stereocenters. The Morgan fingerprint density at radius 3 is 2.18 bits per heavy atom. The molecule has 0 aromatic carbocycles. The summed E-state index contributed by atoms with van der Waals surface area (Å²) in [7, 11) is 2.12. The van der Waals surface area contributed by atoms with Crippen molar-refractivity contribution in [1.82, 2.24) is 4.98 Å². The molecule has 1 heterocycles. The summed E-state index contributed by atoms with van der Waals surface area (Å²) >= 11 is 1.73. The first-order valence-electron chi connectivity index (χ1n) is 6.31. The highest BCUT2D eigenvalue weighted by atomic mass is 32.1. The Balaban J connectivity index is 2.99. The van der Waals surface area contributed by atoms with Gasteiger partial charge in [-0.05, 0) is 18.8 Å². The summed E-state index contributed by atoms with van der Waals surface area (Å²) < 4.78 is 0. The zero-order valence-corrected chi connectivity index (χ0v) is 12.6. The zero-order chi connectivity index (χ0) is 13.2. The van der Waals surface area contributed by atoms with Gasteiger partial charge in [0.05, 0.1) is 5.69 Å². The molecular formula is C13H25N3S. The first-order valence-corrected chi connectivity index (χ1v) is 7.12. The minimum Gasteiger partial charge on any atom is -0.348 e. The predicted molar refractivity (Wildman–Crippen MR) is 76.8 cm³/mol. The van der Waals surface area contributed by atoms with Crippen LogP contribution in [0.25, 0.3) is 0 Å². The molecule has 1 rings (SSSR count). The van der Waals surface area contributed by atoms with Gasteiger partial charge in [0.1, 0.15) is 0 Å². The predicted octanol–water partition coefficient (Wildman–Crippen LogP) is 3.21. The Bertz CT molecular complexity index is 358. The van der Waals surface area contributed by atoms with Gasteiger partial charge in [0.15, 0.2) is 5.13 Å². The first kappa shape index (κ1) is 14.5. The average molecular weight is 255 g/mol. The minimum absolute atomic E-state index is 0.446. The highest BCUT2D eigenvalue weighted by molar-refractivity contribution is 7.15. The number of rotatable bonds is 5. The SMILES string of the molecule is CC(C)c1nc(N(C)C(C)C(C)C)sc1CN. The fourth-order valence-corrected chi connectivity index (χ4v) is 2.86. The molecule has 3 nitrogen and oxygen atoms in total. The number of hydrogen-bond acceptors (Lipinski definition) is 4. The Kier molecular flexibility index (Phi) is 4.95. The summed E-state index contributed by atoms with van der Waals surface area (Å²) in [5.74, 6) is 1.06. The Morgan fingerprint density at radius 2 is 1.82 bits per heavy atom. The first-order chi connectivity index (χ1) is 7.88. The van der Waals surface area contributed by atoms with Gasteiger partial charge >= 0.3 is 0 Å². The topological polar surface area (TPSA) is 42.2 Å². The largest absolute Gasteiger partial charge is 0.348 e. The molecule has 2 N–H and O–H groups in total. The Hall–Kier alpha value is -0.610. The summed E-state index contributed by atoms with van der Waals surface area (Å²) in [4.78, 5) is 8.23. The van der Waals surface area contributed by atoms with E-state index < -0.39 is 0 Å². The van der Waals surface area contributed by atoms with Crippen LogP contribution in [-0.4, -0.2) is 18.1 Å². The lowest BCUT2D eigenvalue weighted by Crippen LogP contribution is -2.33. The van der Waals surface area contributed by atoms with E-state index in [2.05, 4.69) is 46.6 Å². The van der Waals surface area contributed by atoms with E-state index in [4.69, 9.17) is 10.7 Å². The fraction of sp³-hybridized carbons (Fsp3) is 0.769. The standard InChI is InChI=1S/C13H25N3S/c1-8(2)10(5)16(6)13-15-12(9(3)4)11(7-14)17-13/h8-10H,7,14H2,1-6H3. The molecule has 0 saturated carbocycles. The molecule has 0 spiro atoms. The lowest BCUT2D eigenvalue weighted by atomic mass is 10.1. The van der Waals surface area contributed by atoms with E-state index in [0.717, 1.165) is 10.8 Å². The lowest BCUT2D eigenvalue weighted by molar-refractivity contribution is 0.504. The molecule has 0 bridgehead atoms. The number of nitrogens with two attached hydrogens (primary N) is 1. The van der Waals surface area contributed by atoms with E-state index in [1.165, 1.54) is 4.88 Å². The van der Waals surface area contributed by atoms with Crippen molar-refractivity contribution in [3.8, 4) is 0 Å². The molecule has 0 aliphatic carbocycles. The molecule has 1 unspecified atom stereocenters. The van der Waals surface area contributed by atoms with Crippen LogP contribution in [0.5, 0.6) is 0 Å². The maximum Gasteiger partial charge on any atom is 0.185 e. The van der Waals surface area contributed by atoms with Crippen LogP contribution < -0.4 is 10.6 Å². The van der Waals surface area contributed by atoms with Crippen molar-refractivity contribution < 1.29 is 0 Å². The monoisotopic (exact) mass is 255 g/mol. The van der Waals surface area contributed by atoms with E-state index >= 15 is 0 Å². The van der Waals surface area contributed by atoms with Crippen molar-refractivity contribution in [3.63, 3.8) is 0 Å². The lowest BCUT2D eigenvalue weighted by Gasteiger charge is -2.27. The maximum atomic E-state index is 5.79. The van der Waals surface area contributed by atoms with Crippen LogP contribution >= 0.6 is 11.3 Å². The van der Waals surface area contributed by atoms with Gasteiger partial charge < -0.3 is 10.6 Å². The number of aromatic nitrogens is 1. The van der Waals surface area contributed by atoms with Crippen LogP contribution in [0.4, 0.5) is 5.13 Å². The Labute approximate surface area is 109 Å². The van der Waals surface area contributed by atoms with Gasteiger partial charge in [0.2, 0.25) is 0 Å². The van der Waals surface area contributed by atoms with Crippen LogP contribution in [0.1, 0.15) is 51.1 Å². The van der Waals surface area contributed by atoms with Gasteiger partial charge in [0, 0.05) is 24.5 Å². The molecule has 0 saturated heterocycles. The van der Waals surface area contributed by atoms with Crippen molar-refractivity contribution >= 4 is 16.5 Å². The van der Waals surface area contributed by atoms with Crippen LogP contribution in [-0.2, 0) is 6.54 Å². The summed E-state index contributed by atoms with van der Waals surface area (Å²) in [6.45, 7) is 11.6. The van der Waals surface area contributed by atoms with Gasteiger partial charge in [-0.25, -0.2) is 4.98 Å². The number of thiazole rings is 1. The van der Waals surface area contributed by atoms with Gasteiger partial charge in [-0.3, -0.25) is 0 Å². The summed E-state index contributed by atoms with van der Waals surface area (Å²) in [5, 5.41) is 1.09. The third-order valence-corrected chi connectivity index (χ3v) is 4.51. The van der Waals surface area contributed by atoms with E-state index in [0.29, 0.717) is 24.4 Å². The number of hydrogen-bond donors (Lipinski definition) is 1. The molecule has 98 valence electrons. The molecule has 1 aromatic heterocycles. The molecule has 4 heteroatoms. The number of anilines is 1. The third-order valence-electron chi connectivity index (χ3n) is 3.33. The van der Waals surface area contributed by atoms with Crippen molar-refractivity contribution in [2.24, 2.45) is 11.7 Å². The highest BCUT2D eigenvalue weighted by Crippen LogP contribution is 2.31. The summed E-state index contributed by atoms with van der Waals surface area (Å²) in [5.41, 5.74) is 6.95. The van der Waals surface area contributed by atoms with Gasteiger partial charge in [0.25, 0.3) is 0 Å². The van der Waals surface area contributed by atoms with E-state index in [9.17, 15) is 0 Å². The van der Waals surface area contributed by atoms with Crippen molar-refractivity contribution in [1.29, 1.82) is 0 Å². The van der Waals surface area contributed by atoms with Gasteiger partial charge in [-0.1, -0.05) is 27.7 Å². The quantitative estimate of drug-likeness (QED) is 0.878. The molecule has 1 aromatic rings. The smallest absolute Gasteiger partial charge is 0.185 e. The van der Waals surface area contributed by atoms with Crippen LogP contribution in [0.15, 0.2) is 0 Å².